The zero-order valence-corrected chi connectivity index (χ0v) is 11.5. The van der Waals surface area contributed by atoms with Crippen LogP contribution in [-0.2, 0) is 0 Å². The molecular weight excluding hydrogens is 256 g/mol. The topological polar surface area (TPSA) is 64.4 Å². The van der Waals surface area contributed by atoms with Gasteiger partial charge in [-0.1, -0.05) is 12.2 Å². The van der Waals surface area contributed by atoms with E-state index in [1.54, 1.807) is 12.1 Å². The smallest absolute Gasteiger partial charge is 0.269 e. The first kappa shape index (κ1) is 14.5. The lowest BCUT2D eigenvalue weighted by atomic mass is 9.94. The molecule has 0 fully saturated rings. The van der Waals surface area contributed by atoms with Gasteiger partial charge < -0.3 is 10.1 Å². The molecule has 108 valence electrons. The number of nitro benzene ring substituents is 1. The summed E-state index contributed by atoms with van der Waals surface area (Å²) in [7, 11) is 0. The van der Waals surface area contributed by atoms with Crippen LogP contribution < -0.4 is 10.1 Å². The van der Waals surface area contributed by atoms with Crippen LogP contribution >= 0.6 is 0 Å². The lowest BCUT2D eigenvalue weighted by Crippen LogP contribution is -2.27. The summed E-state index contributed by atoms with van der Waals surface area (Å²) in [6.07, 6.45) is 8.10. The lowest BCUT2D eigenvalue weighted by Gasteiger charge is -2.18. The van der Waals surface area contributed by atoms with E-state index in [9.17, 15) is 10.1 Å². The maximum atomic E-state index is 10.5. The van der Waals surface area contributed by atoms with Crippen LogP contribution in [0, 0.1) is 16.0 Å². The molecule has 0 radical (unpaired) electrons. The lowest BCUT2D eigenvalue weighted by molar-refractivity contribution is -0.384. The summed E-state index contributed by atoms with van der Waals surface area (Å²) >= 11 is 0. The van der Waals surface area contributed by atoms with E-state index in [4.69, 9.17) is 4.74 Å². The molecule has 0 bridgehead atoms. The molecule has 2 rings (SSSR count). The van der Waals surface area contributed by atoms with E-state index >= 15 is 0 Å². The van der Waals surface area contributed by atoms with Crippen molar-refractivity contribution in [1.29, 1.82) is 0 Å². The Labute approximate surface area is 118 Å². The van der Waals surface area contributed by atoms with E-state index in [1.165, 1.54) is 25.0 Å². The standard InChI is InChI=1S/C15H20N2O3/c18-17(19)14-6-8-15(9-7-14)20-11-10-16-12-13-4-2-1-3-5-13/h1-2,6-9,13,16H,3-5,10-12H2. The summed E-state index contributed by atoms with van der Waals surface area (Å²) in [6, 6.07) is 6.17. The van der Waals surface area contributed by atoms with Gasteiger partial charge in [0.05, 0.1) is 4.92 Å². The van der Waals surface area contributed by atoms with Crippen molar-refractivity contribution in [2.45, 2.75) is 19.3 Å². The van der Waals surface area contributed by atoms with Gasteiger partial charge >= 0.3 is 0 Å². The van der Waals surface area contributed by atoms with E-state index < -0.39 is 4.92 Å². The van der Waals surface area contributed by atoms with Gasteiger partial charge in [-0.3, -0.25) is 10.1 Å². The largest absolute Gasteiger partial charge is 0.492 e. The molecular formula is C15H20N2O3. The van der Waals surface area contributed by atoms with Crippen LogP contribution in [0.1, 0.15) is 19.3 Å². The second kappa shape index (κ2) is 7.65. The maximum absolute atomic E-state index is 10.5. The fraction of sp³-hybridized carbons (Fsp3) is 0.467. The third-order valence-corrected chi connectivity index (χ3v) is 3.41. The average Bonchev–Trinajstić information content (AvgIpc) is 2.48. The fourth-order valence-electron chi connectivity index (χ4n) is 2.25. The first-order valence-electron chi connectivity index (χ1n) is 6.98. The molecule has 1 aliphatic carbocycles. The van der Waals surface area contributed by atoms with Crippen molar-refractivity contribution < 1.29 is 9.66 Å². The third kappa shape index (κ3) is 4.66. The first-order valence-corrected chi connectivity index (χ1v) is 6.98. The number of ether oxygens (including phenoxy) is 1. The van der Waals surface area contributed by atoms with E-state index in [2.05, 4.69) is 17.5 Å². The molecule has 0 heterocycles. The van der Waals surface area contributed by atoms with Crippen molar-refractivity contribution in [2.24, 2.45) is 5.92 Å². The van der Waals surface area contributed by atoms with Crippen LogP contribution in [0.25, 0.3) is 0 Å². The minimum atomic E-state index is -0.413. The molecule has 1 aliphatic rings. The number of allylic oxidation sites excluding steroid dienone is 2. The quantitative estimate of drug-likeness (QED) is 0.360. The number of benzene rings is 1. The summed E-state index contributed by atoms with van der Waals surface area (Å²) in [4.78, 5) is 10.1. The number of nitro groups is 1. The zero-order chi connectivity index (χ0) is 14.2. The summed E-state index contributed by atoms with van der Waals surface area (Å²) in [5.41, 5.74) is 0.0841. The number of hydrogen-bond donors (Lipinski definition) is 1. The highest BCUT2D eigenvalue weighted by atomic mass is 16.6. The Kier molecular flexibility index (Phi) is 5.55. The molecule has 1 atom stereocenters. The van der Waals surface area contributed by atoms with Crippen molar-refractivity contribution in [3.8, 4) is 5.75 Å². The van der Waals surface area contributed by atoms with Crippen molar-refractivity contribution in [1.82, 2.24) is 5.32 Å². The molecule has 1 aromatic rings. The number of hydrogen-bond acceptors (Lipinski definition) is 4. The van der Waals surface area contributed by atoms with Gasteiger partial charge in [0.1, 0.15) is 12.4 Å². The SMILES string of the molecule is O=[N+]([O-])c1ccc(OCCNCC2CC=CCC2)cc1. The molecule has 1 unspecified atom stereocenters. The molecule has 0 aliphatic heterocycles. The Morgan fingerprint density at radius 1 is 1.30 bits per heavy atom. The van der Waals surface area contributed by atoms with Gasteiger partial charge in [-0.2, -0.15) is 0 Å². The number of rotatable bonds is 7. The van der Waals surface area contributed by atoms with Gasteiger partial charge in [0.25, 0.3) is 5.69 Å². The molecule has 20 heavy (non-hydrogen) atoms. The summed E-state index contributed by atoms with van der Waals surface area (Å²) in [5, 5.41) is 13.9. The predicted octanol–water partition coefficient (Wildman–Crippen LogP) is 2.92. The number of non-ortho nitro benzene ring substituents is 1. The zero-order valence-electron chi connectivity index (χ0n) is 11.5. The average molecular weight is 276 g/mol. The van der Waals surface area contributed by atoms with Crippen molar-refractivity contribution in [3.63, 3.8) is 0 Å². The summed E-state index contributed by atoms with van der Waals surface area (Å²) in [6.45, 7) is 2.38. The predicted molar refractivity (Wildman–Crippen MR) is 77.9 cm³/mol. The molecule has 5 heteroatoms. The monoisotopic (exact) mass is 276 g/mol. The molecule has 0 spiro atoms. The van der Waals surface area contributed by atoms with Crippen LogP contribution in [0.3, 0.4) is 0 Å². The maximum Gasteiger partial charge on any atom is 0.269 e. The highest BCUT2D eigenvalue weighted by molar-refractivity contribution is 5.35. The van der Waals surface area contributed by atoms with Crippen molar-refractivity contribution in [2.75, 3.05) is 19.7 Å². The van der Waals surface area contributed by atoms with E-state index in [-0.39, 0.29) is 5.69 Å². The van der Waals surface area contributed by atoms with Crippen LogP contribution in [0.15, 0.2) is 36.4 Å². The van der Waals surface area contributed by atoms with Gasteiger partial charge in [0.15, 0.2) is 0 Å². The molecule has 0 amide bonds. The Morgan fingerprint density at radius 3 is 2.75 bits per heavy atom. The Morgan fingerprint density at radius 2 is 2.10 bits per heavy atom. The molecule has 1 N–H and O–H groups in total. The minimum absolute atomic E-state index is 0.0841. The van der Waals surface area contributed by atoms with E-state index in [0.717, 1.165) is 25.4 Å². The Bertz CT molecular complexity index is 457. The number of nitrogens with one attached hydrogen (secondary N) is 1. The fourth-order valence-corrected chi connectivity index (χ4v) is 2.25. The van der Waals surface area contributed by atoms with Gasteiger partial charge in [-0.05, 0) is 43.9 Å². The summed E-state index contributed by atoms with van der Waals surface area (Å²) in [5.74, 6) is 1.40. The first-order chi connectivity index (χ1) is 9.75. The normalized spacial score (nSPS) is 17.9. The van der Waals surface area contributed by atoms with Crippen LogP contribution in [0.4, 0.5) is 5.69 Å². The van der Waals surface area contributed by atoms with Crippen molar-refractivity contribution in [3.05, 3.63) is 46.5 Å². The molecule has 0 aromatic heterocycles. The van der Waals surface area contributed by atoms with Gasteiger partial charge in [0, 0.05) is 18.7 Å². The Balaban J connectivity index is 1.60. The minimum Gasteiger partial charge on any atom is -0.492 e. The second-order valence-electron chi connectivity index (χ2n) is 4.95. The molecule has 1 aromatic carbocycles. The highest BCUT2D eigenvalue weighted by Crippen LogP contribution is 2.18. The number of nitrogens with zero attached hydrogens (tertiary/aromatic N) is 1. The Hall–Kier alpha value is -1.88. The van der Waals surface area contributed by atoms with E-state index in [0.29, 0.717) is 12.4 Å². The second-order valence-corrected chi connectivity index (χ2v) is 4.95. The molecule has 0 saturated carbocycles. The van der Waals surface area contributed by atoms with Crippen LogP contribution in [0.2, 0.25) is 0 Å². The van der Waals surface area contributed by atoms with Crippen LogP contribution in [-0.4, -0.2) is 24.6 Å². The van der Waals surface area contributed by atoms with E-state index in [1.807, 2.05) is 0 Å². The van der Waals surface area contributed by atoms with Gasteiger partial charge in [-0.15, -0.1) is 0 Å². The highest BCUT2D eigenvalue weighted by Gasteiger charge is 2.08. The molecule has 5 nitrogen and oxygen atoms in total. The summed E-state index contributed by atoms with van der Waals surface area (Å²) < 4.78 is 5.53. The van der Waals surface area contributed by atoms with Gasteiger partial charge in [-0.25, -0.2) is 0 Å². The van der Waals surface area contributed by atoms with Gasteiger partial charge in [0.2, 0.25) is 0 Å². The van der Waals surface area contributed by atoms with Crippen molar-refractivity contribution >= 4 is 5.69 Å². The third-order valence-electron chi connectivity index (χ3n) is 3.41. The molecule has 0 saturated heterocycles. The van der Waals surface area contributed by atoms with Crippen LogP contribution in [0.5, 0.6) is 5.75 Å².